The number of hydrogen-bond donors (Lipinski definition) is 0. The van der Waals surface area contributed by atoms with Crippen LogP contribution in [-0.2, 0) is 13.1 Å². The molecule has 4 heterocycles. The number of fused-ring (bicyclic) bond motifs is 2. The highest BCUT2D eigenvalue weighted by molar-refractivity contribution is 5.73. The summed E-state index contributed by atoms with van der Waals surface area (Å²) in [6, 6.07) is 0. The lowest BCUT2D eigenvalue weighted by molar-refractivity contribution is 0.000857. The van der Waals surface area contributed by atoms with Crippen molar-refractivity contribution in [3.8, 4) is 0 Å². The summed E-state index contributed by atoms with van der Waals surface area (Å²) in [4.78, 5) is 16.8. The van der Waals surface area contributed by atoms with Crippen LogP contribution in [0.15, 0.2) is 18.6 Å². The minimum absolute atomic E-state index is 0.206. The summed E-state index contributed by atoms with van der Waals surface area (Å²) in [7, 11) is 0. The largest absolute Gasteiger partial charge is 0.264 e. The predicted octanol–water partition coefficient (Wildman–Crippen LogP) is 4.70. The highest BCUT2D eigenvalue weighted by atomic mass is 19.3. The van der Waals surface area contributed by atoms with E-state index in [9.17, 15) is 17.6 Å². The van der Waals surface area contributed by atoms with Crippen molar-refractivity contribution in [3.63, 3.8) is 0 Å². The Bertz CT molecular complexity index is 1250. The maximum Gasteiger partial charge on any atom is 0.264 e. The summed E-state index contributed by atoms with van der Waals surface area (Å²) in [5, 5.41) is 7.92. The van der Waals surface area contributed by atoms with Gasteiger partial charge in [0.2, 0.25) is 0 Å². The lowest BCUT2D eigenvalue weighted by Crippen LogP contribution is -2.20. The molecule has 0 amide bonds. The zero-order valence-corrected chi connectivity index (χ0v) is 19.3. The molecule has 4 aromatic rings. The van der Waals surface area contributed by atoms with E-state index in [1.807, 2.05) is 13.8 Å². The van der Waals surface area contributed by atoms with Crippen LogP contribution < -0.4 is 0 Å². The second-order valence-electron chi connectivity index (χ2n) is 8.53. The molecule has 0 aliphatic rings. The summed E-state index contributed by atoms with van der Waals surface area (Å²) in [5.41, 5.74) is 4.03. The number of nitrogens with zero attached hydrogens (tertiary/aromatic N) is 8. The van der Waals surface area contributed by atoms with E-state index in [-0.39, 0.29) is 5.92 Å². The molecule has 0 aliphatic heterocycles. The Morgan fingerprint density at radius 3 is 2.09 bits per heavy atom. The summed E-state index contributed by atoms with van der Waals surface area (Å²) < 4.78 is 54.2. The Labute approximate surface area is 188 Å². The molecule has 4 aromatic heterocycles. The van der Waals surface area contributed by atoms with Crippen LogP contribution >= 0.6 is 0 Å². The van der Waals surface area contributed by atoms with Crippen molar-refractivity contribution < 1.29 is 17.6 Å². The first-order chi connectivity index (χ1) is 15.2. The standard InChI is InChI=1S/C11H14F2N4.C10H12F2N4/c1-7(2)8-4-14-9-5-15-17(10(9)16-8)6-11(3,12)13;1-6-4-13-8-7(2)15-16(9(8)14-6)5-10(3,11)12/h4-5,7H,6H2,1-3H3;4H,5H2,1-3H3. The number of aryl methyl sites for hydroxylation is 2. The fourth-order valence-electron chi connectivity index (χ4n) is 3.07. The number of rotatable bonds is 5. The number of aromatic nitrogens is 8. The van der Waals surface area contributed by atoms with Crippen molar-refractivity contribution in [1.29, 1.82) is 0 Å². The van der Waals surface area contributed by atoms with Crippen molar-refractivity contribution in [3.05, 3.63) is 35.7 Å². The average Bonchev–Trinajstić information content (AvgIpc) is 3.20. The van der Waals surface area contributed by atoms with E-state index in [2.05, 4.69) is 30.1 Å². The molecule has 12 heteroatoms. The SMILES string of the molecule is CC(C)c1cnc2cnn(CC(C)(F)F)c2n1.Cc1cnc2c(C)nn(CC(C)(F)F)c2n1. The number of hydrogen-bond acceptors (Lipinski definition) is 6. The molecular formula is C21H26F4N8. The molecule has 0 aliphatic carbocycles. The topological polar surface area (TPSA) is 87.2 Å². The molecule has 0 saturated heterocycles. The highest BCUT2D eigenvalue weighted by Gasteiger charge is 2.25. The van der Waals surface area contributed by atoms with Gasteiger partial charge in [-0.1, -0.05) is 13.8 Å². The molecule has 0 atom stereocenters. The summed E-state index contributed by atoms with van der Waals surface area (Å²) in [6.45, 7) is 8.22. The van der Waals surface area contributed by atoms with Crippen molar-refractivity contribution in [1.82, 2.24) is 39.5 Å². The van der Waals surface area contributed by atoms with Gasteiger partial charge in [-0.2, -0.15) is 10.2 Å². The monoisotopic (exact) mass is 466 g/mol. The Balaban J connectivity index is 0.000000186. The van der Waals surface area contributed by atoms with Crippen LogP contribution in [0.3, 0.4) is 0 Å². The zero-order chi connectivity index (χ0) is 24.6. The third kappa shape index (κ3) is 6.20. The maximum absolute atomic E-state index is 13.0. The Hall–Kier alpha value is -3.18. The quantitative estimate of drug-likeness (QED) is 0.396. The summed E-state index contributed by atoms with van der Waals surface area (Å²) in [6.07, 6.45) is 4.72. The molecule has 0 fully saturated rings. The molecule has 0 unspecified atom stereocenters. The zero-order valence-electron chi connectivity index (χ0n) is 19.3. The van der Waals surface area contributed by atoms with E-state index in [0.717, 1.165) is 19.5 Å². The lowest BCUT2D eigenvalue weighted by Gasteiger charge is -2.11. The number of alkyl halides is 4. The van der Waals surface area contributed by atoms with Crippen molar-refractivity contribution >= 4 is 22.3 Å². The van der Waals surface area contributed by atoms with E-state index in [4.69, 9.17) is 0 Å². The molecule has 0 radical (unpaired) electrons. The van der Waals surface area contributed by atoms with Gasteiger partial charge in [-0.15, -0.1) is 0 Å². The third-order valence-corrected chi connectivity index (χ3v) is 4.54. The van der Waals surface area contributed by atoms with Gasteiger partial charge in [0.25, 0.3) is 11.8 Å². The third-order valence-electron chi connectivity index (χ3n) is 4.54. The van der Waals surface area contributed by atoms with Crippen LogP contribution in [0, 0.1) is 13.8 Å². The second-order valence-corrected chi connectivity index (χ2v) is 8.53. The van der Waals surface area contributed by atoms with Gasteiger partial charge in [0.05, 0.1) is 23.3 Å². The van der Waals surface area contributed by atoms with Crippen molar-refractivity contribution in [2.75, 3.05) is 0 Å². The predicted molar refractivity (Wildman–Crippen MR) is 115 cm³/mol. The lowest BCUT2D eigenvalue weighted by atomic mass is 10.1. The molecule has 4 rings (SSSR count). The van der Waals surface area contributed by atoms with E-state index in [1.54, 1.807) is 26.2 Å². The molecule has 33 heavy (non-hydrogen) atoms. The first-order valence-electron chi connectivity index (χ1n) is 10.3. The summed E-state index contributed by atoms with van der Waals surface area (Å²) >= 11 is 0. The Kier molecular flexibility index (Phi) is 6.66. The Morgan fingerprint density at radius 1 is 0.848 bits per heavy atom. The molecule has 0 spiro atoms. The summed E-state index contributed by atoms with van der Waals surface area (Å²) in [5.74, 6) is -5.41. The molecule has 0 bridgehead atoms. The van der Waals surface area contributed by atoms with Crippen molar-refractivity contribution in [2.24, 2.45) is 0 Å². The fraction of sp³-hybridized carbons (Fsp3) is 0.524. The minimum atomic E-state index is -2.81. The molecule has 0 saturated carbocycles. The van der Waals surface area contributed by atoms with Crippen molar-refractivity contribution in [2.45, 2.75) is 72.4 Å². The van der Waals surface area contributed by atoms with Crippen LogP contribution in [0.25, 0.3) is 22.3 Å². The molecule has 8 nitrogen and oxygen atoms in total. The first-order valence-corrected chi connectivity index (χ1v) is 10.3. The van der Waals surface area contributed by atoms with Gasteiger partial charge in [-0.05, 0) is 19.8 Å². The average molecular weight is 466 g/mol. The van der Waals surface area contributed by atoms with E-state index in [0.29, 0.717) is 33.7 Å². The van der Waals surface area contributed by atoms with E-state index < -0.39 is 24.9 Å². The molecule has 0 aromatic carbocycles. The van der Waals surface area contributed by atoms with E-state index in [1.165, 1.54) is 15.6 Å². The van der Waals surface area contributed by atoms with Gasteiger partial charge in [0.1, 0.15) is 24.1 Å². The van der Waals surface area contributed by atoms with Gasteiger partial charge in [0.15, 0.2) is 11.3 Å². The first kappa shape index (κ1) is 24.5. The van der Waals surface area contributed by atoms with Crippen LogP contribution in [0.2, 0.25) is 0 Å². The van der Waals surface area contributed by atoms with E-state index >= 15 is 0 Å². The van der Waals surface area contributed by atoms with Crippen LogP contribution in [0.4, 0.5) is 17.6 Å². The fourth-order valence-corrected chi connectivity index (χ4v) is 3.07. The van der Waals surface area contributed by atoms with Gasteiger partial charge in [-0.3, -0.25) is 0 Å². The second kappa shape index (κ2) is 8.99. The highest BCUT2D eigenvalue weighted by Crippen LogP contribution is 2.20. The maximum atomic E-state index is 13.0. The normalized spacial score (nSPS) is 12.5. The Morgan fingerprint density at radius 2 is 1.48 bits per heavy atom. The van der Waals surface area contributed by atoms with Crippen LogP contribution in [-0.4, -0.2) is 51.3 Å². The van der Waals surface area contributed by atoms with Gasteiger partial charge >= 0.3 is 0 Å². The van der Waals surface area contributed by atoms with Gasteiger partial charge < -0.3 is 0 Å². The molecular weight excluding hydrogens is 440 g/mol. The molecule has 178 valence electrons. The van der Waals surface area contributed by atoms with Gasteiger partial charge in [-0.25, -0.2) is 46.9 Å². The molecule has 0 N–H and O–H groups in total. The number of halogens is 4. The smallest absolute Gasteiger partial charge is 0.249 e. The van der Waals surface area contributed by atoms with Crippen LogP contribution in [0.5, 0.6) is 0 Å². The van der Waals surface area contributed by atoms with Crippen LogP contribution in [0.1, 0.15) is 50.7 Å². The van der Waals surface area contributed by atoms with Gasteiger partial charge in [0, 0.05) is 26.2 Å². The minimum Gasteiger partial charge on any atom is -0.249 e.